The molecule has 0 saturated heterocycles. The molecule has 1 N–H and O–H groups in total. The molecule has 3 nitrogen and oxygen atoms in total. The quantitative estimate of drug-likeness (QED) is 0.515. The molecule has 1 aromatic carbocycles. The number of benzene rings is 1. The van der Waals surface area contributed by atoms with Crippen molar-refractivity contribution >= 4 is 23.5 Å². The minimum absolute atomic E-state index is 0.0634. The molecular weight excluding hydrogens is 390 g/mol. The van der Waals surface area contributed by atoms with Crippen LogP contribution in [0.4, 0.5) is 0 Å². The van der Waals surface area contributed by atoms with E-state index in [1.54, 1.807) is 17.8 Å². The summed E-state index contributed by atoms with van der Waals surface area (Å²) < 4.78 is 0. The van der Waals surface area contributed by atoms with Gasteiger partial charge in [0, 0.05) is 27.8 Å². The van der Waals surface area contributed by atoms with Crippen LogP contribution in [0, 0.1) is 34.5 Å². The van der Waals surface area contributed by atoms with Crippen LogP contribution in [0.15, 0.2) is 41.3 Å². The van der Waals surface area contributed by atoms with Crippen LogP contribution in [0.2, 0.25) is 0 Å². The Hall–Kier alpha value is -1.55. The lowest BCUT2D eigenvalue weighted by molar-refractivity contribution is -0.122. The van der Waals surface area contributed by atoms with Crippen molar-refractivity contribution in [2.24, 2.45) is 34.5 Å². The number of hydrogen-bond donors (Lipinski definition) is 1. The van der Waals surface area contributed by atoms with Crippen molar-refractivity contribution in [3.8, 4) is 0 Å². The molecule has 0 spiro atoms. The Bertz CT molecular complexity index is 893. The summed E-state index contributed by atoms with van der Waals surface area (Å²) in [7, 11) is 0. The monoisotopic (exact) mass is 423 g/mol. The van der Waals surface area contributed by atoms with E-state index in [9.17, 15) is 9.59 Å². The molecule has 160 valence electrons. The van der Waals surface area contributed by atoms with Crippen molar-refractivity contribution in [2.45, 2.75) is 63.3 Å². The average Bonchev–Trinajstić information content (AvgIpc) is 3.11. The summed E-state index contributed by atoms with van der Waals surface area (Å²) in [6.45, 7) is 4.77. The zero-order valence-corrected chi connectivity index (χ0v) is 19.1. The molecule has 4 heteroatoms. The number of Topliss-reactive ketones (excluding diaryl/α,β-unsaturated/α-hetero) is 1. The second kappa shape index (κ2) is 7.25. The highest BCUT2D eigenvalue weighted by molar-refractivity contribution is 7.98. The Morgan fingerprint density at radius 2 is 1.80 bits per heavy atom. The Kier molecular flexibility index (Phi) is 4.92. The van der Waals surface area contributed by atoms with Crippen molar-refractivity contribution in [2.75, 3.05) is 6.26 Å². The first kappa shape index (κ1) is 20.4. The average molecular weight is 424 g/mol. The highest BCUT2D eigenvalue weighted by Gasteiger charge is 2.60. The van der Waals surface area contributed by atoms with E-state index in [1.165, 1.54) is 24.2 Å². The number of ketones is 1. The van der Waals surface area contributed by atoms with Gasteiger partial charge in [0.2, 0.25) is 5.91 Å². The summed E-state index contributed by atoms with van der Waals surface area (Å²) in [5.74, 6) is 2.48. The number of thioether (sulfide) groups is 1. The number of rotatable bonds is 3. The van der Waals surface area contributed by atoms with E-state index in [0.717, 1.165) is 24.8 Å². The molecule has 0 radical (unpaired) electrons. The first-order valence-electron chi connectivity index (χ1n) is 11.5. The highest BCUT2D eigenvalue weighted by Crippen LogP contribution is 2.65. The molecule has 1 amide bonds. The van der Waals surface area contributed by atoms with Gasteiger partial charge in [0.25, 0.3) is 0 Å². The number of carbonyl (C=O) groups is 2. The van der Waals surface area contributed by atoms with Crippen LogP contribution in [0.5, 0.6) is 0 Å². The molecule has 0 unspecified atom stereocenters. The first-order chi connectivity index (χ1) is 14.4. The van der Waals surface area contributed by atoms with Gasteiger partial charge in [-0.25, -0.2) is 0 Å². The zero-order chi connectivity index (χ0) is 21.1. The maximum Gasteiger partial charge on any atom is 0.243 e. The zero-order valence-electron chi connectivity index (χ0n) is 18.3. The number of fused-ring (bicyclic) bond motifs is 5. The van der Waals surface area contributed by atoms with Crippen LogP contribution in [0.25, 0.3) is 0 Å². The van der Waals surface area contributed by atoms with Crippen molar-refractivity contribution in [3.63, 3.8) is 0 Å². The predicted octanol–water partition coefficient (Wildman–Crippen LogP) is 5.50. The van der Waals surface area contributed by atoms with E-state index in [-0.39, 0.29) is 28.7 Å². The topological polar surface area (TPSA) is 46.2 Å². The molecule has 0 bridgehead atoms. The molecule has 7 atom stereocenters. The summed E-state index contributed by atoms with van der Waals surface area (Å²) >= 11 is 1.72. The smallest absolute Gasteiger partial charge is 0.243 e. The summed E-state index contributed by atoms with van der Waals surface area (Å²) in [6.07, 6.45) is 12.8. The lowest BCUT2D eigenvalue weighted by Crippen LogP contribution is -2.59. The molecular formula is C26H33NO2S. The van der Waals surface area contributed by atoms with Gasteiger partial charge in [-0.3, -0.25) is 9.59 Å². The molecule has 3 fully saturated rings. The molecule has 4 aliphatic rings. The molecule has 0 aromatic heterocycles. The third-order valence-electron chi connectivity index (χ3n) is 9.38. The third-order valence-corrected chi connectivity index (χ3v) is 10.1. The van der Waals surface area contributed by atoms with Gasteiger partial charge in [-0.05, 0) is 86.2 Å². The normalized spacial score (nSPS) is 42.1. The molecule has 5 rings (SSSR count). The maximum atomic E-state index is 13.5. The number of hydrogen-bond acceptors (Lipinski definition) is 3. The van der Waals surface area contributed by atoms with Crippen molar-refractivity contribution in [3.05, 3.63) is 42.0 Å². The van der Waals surface area contributed by atoms with Gasteiger partial charge < -0.3 is 5.32 Å². The summed E-state index contributed by atoms with van der Waals surface area (Å²) in [5.41, 5.74) is 1.06. The minimum atomic E-state index is 0.0634. The highest BCUT2D eigenvalue weighted by atomic mass is 32.2. The second-order valence-electron chi connectivity index (χ2n) is 10.5. The van der Waals surface area contributed by atoms with E-state index >= 15 is 0 Å². The fourth-order valence-electron chi connectivity index (χ4n) is 7.72. The van der Waals surface area contributed by atoms with Gasteiger partial charge >= 0.3 is 0 Å². The van der Waals surface area contributed by atoms with Gasteiger partial charge in [-0.2, -0.15) is 0 Å². The molecule has 3 saturated carbocycles. The van der Waals surface area contributed by atoms with E-state index in [2.05, 4.69) is 43.6 Å². The van der Waals surface area contributed by atoms with Crippen molar-refractivity contribution in [1.29, 1.82) is 0 Å². The molecule has 1 heterocycles. The fourth-order valence-corrected chi connectivity index (χ4v) is 8.13. The lowest BCUT2D eigenvalue weighted by atomic mass is 9.47. The van der Waals surface area contributed by atoms with Gasteiger partial charge in [0.1, 0.15) is 0 Å². The van der Waals surface area contributed by atoms with Gasteiger partial charge in [-0.15, -0.1) is 11.8 Å². The Morgan fingerprint density at radius 3 is 2.53 bits per heavy atom. The lowest BCUT2D eigenvalue weighted by Gasteiger charge is -2.58. The summed E-state index contributed by atoms with van der Waals surface area (Å²) in [6, 6.07) is 8.48. The largest absolute Gasteiger partial charge is 0.349 e. The van der Waals surface area contributed by atoms with Crippen LogP contribution < -0.4 is 5.32 Å². The van der Waals surface area contributed by atoms with Crippen LogP contribution >= 0.6 is 11.8 Å². The van der Waals surface area contributed by atoms with Crippen LogP contribution in [0.3, 0.4) is 0 Å². The fraction of sp³-hybridized carbons (Fsp3) is 0.615. The van der Waals surface area contributed by atoms with Crippen LogP contribution in [0.1, 0.15) is 62.7 Å². The third kappa shape index (κ3) is 2.93. The SMILES string of the molecule is CSc1ccc(C(=O)[C@H]2CC[C@H]3[C@@H]4CC[C@H]5NC(=O)C=C[C@]5(C)[C@H]4CC[C@]23C)cc1. The molecule has 3 aliphatic carbocycles. The molecule has 1 aliphatic heterocycles. The van der Waals surface area contributed by atoms with E-state index in [1.807, 2.05) is 12.1 Å². The van der Waals surface area contributed by atoms with E-state index in [0.29, 0.717) is 23.5 Å². The number of nitrogens with one attached hydrogen (secondary N) is 1. The standard InChI is InChI=1S/C26H33NO2S/c1-25-14-12-20-18(8-11-22-26(20,2)15-13-23(28)27-22)19(25)9-10-21(25)24(29)16-4-6-17(30-3)7-5-16/h4-7,13,15,18-22H,8-12,14H2,1-3H3,(H,27,28)/t18-,19-,20-,21+,22+,25-,26+/m0/s1. The maximum absolute atomic E-state index is 13.5. The van der Waals surface area contributed by atoms with Crippen LogP contribution in [-0.4, -0.2) is 24.0 Å². The minimum Gasteiger partial charge on any atom is -0.349 e. The van der Waals surface area contributed by atoms with E-state index < -0.39 is 0 Å². The van der Waals surface area contributed by atoms with Crippen molar-refractivity contribution in [1.82, 2.24) is 5.32 Å². The number of amides is 1. The van der Waals surface area contributed by atoms with Gasteiger partial charge in [0.05, 0.1) is 0 Å². The Labute approximate surface area is 184 Å². The summed E-state index contributed by atoms with van der Waals surface area (Å²) in [5, 5.41) is 3.24. The van der Waals surface area contributed by atoms with Gasteiger partial charge in [-0.1, -0.05) is 32.1 Å². The van der Waals surface area contributed by atoms with Gasteiger partial charge in [0.15, 0.2) is 5.78 Å². The first-order valence-corrected chi connectivity index (χ1v) is 12.8. The second-order valence-corrected chi connectivity index (χ2v) is 11.4. The molecule has 30 heavy (non-hydrogen) atoms. The van der Waals surface area contributed by atoms with Crippen LogP contribution in [-0.2, 0) is 4.79 Å². The number of carbonyl (C=O) groups excluding carboxylic acids is 2. The summed E-state index contributed by atoms with van der Waals surface area (Å²) in [4.78, 5) is 26.6. The Balaban J connectivity index is 1.40. The predicted molar refractivity (Wildman–Crippen MR) is 122 cm³/mol. The Morgan fingerprint density at radius 1 is 1.03 bits per heavy atom. The molecule has 1 aromatic rings. The van der Waals surface area contributed by atoms with Crippen molar-refractivity contribution < 1.29 is 9.59 Å². The van der Waals surface area contributed by atoms with E-state index in [4.69, 9.17) is 0 Å².